The Morgan fingerprint density at radius 2 is 2.03 bits per heavy atom. The number of fused-ring (bicyclic) bond motifs is 1. The average molecular weight is 542 g/mol. The van der Waals surface area contributed by atoms with Gasteiger partial charge in [0.1, 0.15) is 23.3 Å². The third-order valence-corrected chi connectivity index (χ3v) is 6.91. The topological polar surface area (TPSA) is 89.7 Å². The summed E-state index contributed by atoms with van der Waals surface area (Å²) in [7, 11) is 1.65. The molecule has 3 aromatic rings. The molecule has 2 aliphatic rings. The van der Waals surface area contributed by atoms with Crippen LogP contribution in [-0.2, 0) is 4.74 Å². The zero-order valence-electron chi connectivity index (χ0n) is 21.7. The number of amides is 1. The fraction of sp³-hybridized carbons (Fsp3) is 0.407. The fourth-order valence-corrected chi connectivity index (χ4v) is 5.05. The number of ether oxygens (including phenoxy) is 1. The number of nitrogens with zero attached hydrogens (tertiary/aromatic N) is 5. The van der Waals surface area contributed by atoms with Crippen LogP contribution in [0.2, 0.25) is 5.02 Å². The Balaban J connectivity index is 1.47. The van der Waals surface area contributed by atoms with Gasteiger partial charge in [0.25, 0.3) is 5.91 Å². The van der Waals surface area contributed by atoms with E-state index in [1.807, 2.05) is 10.6 Å². The van der Waals surface area contributed by atoms with Crippen molar-refractivity contribution in [1.82, 2.24) is 19.0 Å². The van der Waals surface area contributed by atoms with Crippen LogP contribution >= 0.6 is 11.6 Å². The zero-order chi connectivity index (χ0) is 27.4. The number of imidazole rings is 1. The molecular formula is C27H29ClFN5O4. The number of halogens is 2. The molecule has 5 rings (SSSR count). The van der Waals surface area contributed by atoms with Gasteiger partial charge in [-0.05, 0) is 45.3 Å². The molecule has 0 saturated heterocycles. The molecule has 9 nitrogen and oxygen atoms in total. The first-order valence-electron chi connectivity index (χ1n) is 12.4. The van der Waals surface area contributed by atoms with Gasteiger partial charge >= 0.3 is 6.09 Å². The number of aromatic nitrogens is 3. The lowest BCUT2D eigenvalue weighted by atomic mass is 10.1. The predicted octanol–water partition coefficient (Wildman–Crippen LogP) is 4.63. The lowest BCUT2D eigenvalue weighted by Crippen LogP contribution is -2.36. The Morgan fingerprint density at radius 3 is 2.66 bits per heavy atom. The number of carbonyl (C=O) groups excluding carboxylic acids is 2. The third kappa shape index (κ3) is 4.92. The number of benzene rings is 1. The highest BCUT2D eigenvalue weighted by atomic mass is 35.5. The standard InChI is InChI=1S/C27H29ClFN5O4/c1-27(2,3)38-26(37)31(4)12-16-7-9-32(13-16)23-20(29)11-18-22(21(23)28)34(17-5-6-17)14-19(24(18)35)25(36)33-10-8-30-15-33/h7-8,10-11,14-15,17H,5-6,9,12-13H2,1-4H3. The molecule has 1 aliphatic heterocycles. The maximum Gasteiger partial charge on any atom is 0.410 e. The summed E-state index contributed by atoms with van der Waals surface area (Å²) in [6.07, 6.45) is 8.98. The van der Waals surface area contributed by atoms with E-state index in [2.05, 4.69) is 4.98 Å². The van der Waals surface area contributed by atoms with Crippen LogP contribution in [0.1, 0.15) is 50.0 Å². The maximum atomic E-state index is 15.6. The second-order valence-corrected chi connectivity index (χ2v) is 11.2. The largest absolute Gasteiger partial charge is 0.444 e. The second-order valence-electron chi connectivity index (χ2n) is 10.8. The number of hydrogen-bond acceptors (Lipinski definition) is 6. The van der Waals surface area contributed by atoms with Crippen molar-refractivity contribution in [2.75, 3.05) is 31.6 Å². The van der Waals surface area contributed by atoms with Gasteiger partial charge in [-0.25, -0.2) is 14.2 Å². The molecule has 0 radical (unpaired) electrons. The molecule has 200 valence electrons. The molecule has 0 spiro atoms. The highest BCUT2D eigenvalue weighted by molar-refractivity contribution is 6.38. The predicted molar refractivity (Wildman–Crippen MR) is 143 cm³/mol. The van der Waals surface area contributed by atoms with Gasteiger partial charge in [0.2, 0.25) is 5.43 Å². The third-order valence-electron chi connectivity index (χ3n) is 6.55. The zero-order valence-corrected chi connectivity index (χ0v) is 22.5. The number of hydrogen-bond donors (Lipinski definition) is 0. The van der Waals surface area contributed by atoms with Gasteiger partial charge in [-0.2, -0.15) is 0 Å². The summed E-state index contributed by atoms with van der Waals surface area (Å²) < 4.78 is 24.0. The van der Waals surface area contributed by atoms with E-state index < -0.39 is 28.8 Å². The van der Waals surface area contributed by atoms with Crippen molar-refractivity contribution in [3.63, 3.8) is 0 Å². The highest BCUT2D eigenvalue weighted by Crippen LogP contribution is 2.42. The minimum atomic E-state index is -0.649. The van der Waals surface area contributed by atoms with Gasteiger partial charge < -0.3 is 19.1 Å². The first-order valence-corrected chi connectivity index (χ1v) is 12.8. The van der Waals surface area contributed by atoms with Crippen LogP contribution in [0.25, 0.3) is 10.9 Å². The number of likely N-dealkylation sites (N-methyl/N-ethyl adjacent to an activating group) is 1. The quantitative estimate of drug-likeness (QED) is 0.438. The molecule has 0 bridgehead atoms. The SMILES string of the molecule is CN(CC1=CCN(c2c(F)cc3c(=O)c(C(=O)n4ccnc4)cn(C4CC4)c3c2Cl)C1)C(=O)OC(C)(C)C. The van der Waals surface area contributed by atoms with Crippen molar-refractivity contribution in [3.05, 3.63) is 69.3 Å². The van der Waals surface area contributed by atoms with Crippen LogP contribution in [0.3, 0.4) is 0 Å². The molecule has 11 heteroatoms. The monoisotopic (exact) mass is 541 g/mol. The molecule has 0 unspecified atom stereocenters. The summed E-state index contributed by atoms with van der Waals surface area (Å²) in [4.78, 5) is 45.9. The van der Waals surface area contributed by atoms with Gasteiger partial charge in [0.05, 0.1) is 21.6 Å². The molecule has 0 N–H and O–H groups in total. The van der Waals surface area contributed by atoms with Crippen LogP contribution in [0.4, 0.5) is 14.9 Å². The van der Waals surface area contributed by atoms with E-state index in [9.17, 15) is 14.4 Å². The highest BCUT2D eigenvalue weighted by Gasteiger charge is 2.31. The van der Waals surface area contributed by atoms with Crippen molar-refractivity contribution in [1.29, 1.82) is 0 Å². The van der Waals surface area contributed by atoms with Crippen LogP contribution in [0, 0.1) is 5.82 Å². The van der Waals surface area contributed by atoms with Crippen LogP contribution in [0.5, 0.6) is 0 Å². The van der Waals surface area contributed by atoms with Crippen LogP contribution in [-0.4, -0.2) is 63.3 Å². The lowest BCUT2D eigenvalue weighted by Gasteiger charge is -2.26. The minimum absolute atomic E-state index is 0.0613. The van der Waals surface area contributed by atoms with Crippen molar-refractivity contribution >= 4 is 40.2 Å². The summed E-state index contributed by atoms with van der Waals surface area (Å²) in [5.74, 6) is -1.18. The second kappa shape index (κ2) is 9.58. The number of carbonyl (C=O) groups is 2. The number of anilines is 1. The molecule has 1 saturated carbocycles. The molecule has 1 fully saturated rings. The molecule has 38 heavy (non-hydrogen) atoms. The first-order chi connectivity index (χ1) is 17.9. The summed E-state index contributed by atoms with van der Waals surface area (Å²) >= 11 is 6.83. The average Bonchev–Trinajstić information content (AvgIpc) is 3.33. The number of pyridine rings is 1. The van der Waals surface area contributed by atoms with E-state index in [-0.39, 0.29) is 27.7 Å². The minimum Gasteiger partial charge on any atom is -0.444 e. The van der Waals surface area contributed by atoms with E-state index in [4.69, 9.17) is 16.3 Å². The Hall–Kier alpha value is -3.66. The molecule has 3 heterocycles. The van der Waals surface area contributed by atoms with E-state index >= 15 is 4.39 Å². The van der Waals surface area contributed by atoms with Gasteiger partial charge in [0.15, 0.2) is 0 Å². The van der Waals surface area contributed by atoms with Gasteiger partial charge in [0, 0.05) is 51.3 Å². The fourth-order valence-electron chi connectivity index (χ4n) is 4.64. The summed E-state index contributed by atoms with van der Waals surface area (Å²) in [6, 6.07) is 1.24. The van der Waals surface area contributed by atoms with E-state index in [0.717, 1.165) is 18.4 Å². The Bertz CT molecular complexity index is 1520. The summed E-state index contributed by atoms with van der Waals surface area (Å²) in [5.41, 5.74) is 0.256. The molecular weight excluding hydrogens is 513 g/mol. The maximum absolute atomic E-state index is 15.6. The van der Waals surface area contributed by atoms with Gasteiger partial charge in [-0.1, -0.05) is 17.7 Å². The normalized spacial score (nSPS) is 15.6. The molecule has 0 atom stereocenters. The summed E-state index contributed by atoms with van der Waals surface area (Å²) in [6.45, 7) is 6.49. The molecule has 1 aliphatic carbocycles. The first kappa shape index (κ1) is 26.0. The summed E-state index contributed by atoms with van der Waals surface area (Å²) in [5, 5.41) is 0.187. The molecule has 1 amide bonds. The van der Waals surface area contributed by atoms with E-state index in [1.165, 1.54) is 40.5 Å². The molecule has 2 aromatic heterocycles. The van der Waals surface area contributed by atoms with E-state index in [0.29, 0.717) is 25.2 Å². The van der Waals surface area contributed by atoms with Crippen molar-refractivity contribution in [3.8, 4) is 0 Å². The van der Waals surface area contributed by atoms with Crippen LogP contribution in [0.15, 0.2) is 47.4 Å². The van der Waals surface area contributed by atoms with Crippen molar-refractivity contribution in [2.45, 2.75) is 45.3 Å². The Kier molecular flexibility index (Phi) is 6.54. The van der Waals surface area contributed by atoms with E-state index in [1.54, 1.807) is 32.7 Å². The molecule has 1 aromatic carbocycles. The smallest absolute Gasteiger partial charge is 0.410 e. The van der Waals surface area contributed by atoms with Gasteiger partial charge in [-0.3, -0.25) is 14.2 Å². The van der Waals surface area contributed by atoms with Crippen molar-refractivity contribution in [2.24, 2.45) is 0 Å². The van der Waals surface area contributed by atoms with Gasteiger partial charge in [-0.15, -0.1) is 0 Å². The van der Waals surface area contributed by atoms with Crippen LogP contribution < -0.4 is 10.3 Å². The number of rotatable bonds is 5. The van der Waals surface area contributed by atoms with Crippen molar-refractivity contribution < 1.29 is 18.7 Å². The Morgan fingerprint density at radius 1 is 1.29 bits per heavy atom. The lowest BCUT2D eigenvalue weighted by molar-refractivity contribution is 0.0313. The Labute approximate surface area is 224 Å².